The molecule has 1 aliphatic heterocycles. The summed E-state index contributed by atoms with van der Waals surface area (Å²) in [5.41, 5.74) is 0. The summed E-state index contributed by atoms with van der Waals surface area (Å²) in [6.07, 6.45) is 4.29. The van der Waals surface area contributed by atoms with Crippen LogP contribution in [-0.4, -0.2) is 90.5 Å². The molecular weight excluding hydrogens is 491 g/mol. The van der Waals surface area contributed by atoms with Gasteiger partial charge in [0, 0.05) is 33.5 Å². The second-order valence-corrected chi connectivity index (χ2v) is 7.68. The van der Waals surface area contributed by atoms with Crippen LogP contribution in [-0.2, 0) is 28.4 Å². The minimum Gasteiger partial charge on any atom is -0.870 e. The van der Waals surface area contributed by atoms with Crippen molar-refractivity contribution in [2.75, 3.05) is 33.5 Å². The molecule has 0 aromatic rings. The topological polar surface area (TPSA) is 166 Å². The van der Waals surface area contributed by atoms with Gasteiger partial charge in [-0.15, -0.1) is 0 Å². The summed E-state index contributed by atoms with van der Waals surface area (Å²) in [5, 5.41) is 36.8. The summed E-state index contributed by atoms with van der Waals surface area (Å²) >= 11 is 0. The molecule has 0 radical (unpaired) electrons. The maximum absolute atomic E-state index is 9.69. The first kappa shape index (κ1) is 40.7. The Hall–Kier alpha value is 1.20. The van der Waals surface area contributed by atoms with Crippen molar-refractivity contribution in [3.8, 4) is 0 Å². The van der Waals surface area contributed by atoms with Crippen LogP contribution in [0.2, 0.25) is 0 Å². The molecule has 1 fully saturated rings. The summed E-state index contributed by atoms with van der Waals surface area (Å²) in [5.74, 6) is 0. The van der Waals surface area contributed by atoms with Crippen molar-refractivity contribution in [3.63, 3.8) is 0 Å². The number of hydrogen-bond acceptors (Lipinski definition) is 11. The first-order valence-electron chi connectivity index (χ1n) is 12.0. The van der Waals surface area contributed by atoms with Gasteiger partial charge in [0.1, 0.15) is 6.10 Å². The Kier molecular flexibility index (Phi) is 34.6. The molecule has 0 aromatic heterocycles. The van der Waals surface area contributed by atoms with E-state index < -0.39 is 31.1 Å². The van der Waals surface area contributed by atoms with Gasteiger partial charge in [-0.3, -0.25) is 0 Å². The van der Waals surface area contributed by atoms with Gasteiger partial charge in [0.15, 0.2) is 6.29 Å². The van der Waals surface area contributed by atoms with Gasteiger partial charge in [0.2, 0.25) is 12.6 Å². The third-order valence-electron chi connectivity index (χ3n) is 4.80. The Morgan fingerprint density at radius 2 is 1.57 bits per heavy atom. The summed E-state index contributed by atoms with van der Waals surface area (Å²) in [6, 6.07) is 0. The molecule has 1 rings (SSSR count). The molecule has 0 bridgehead atoms. The fourth-order valence-electron chi connectivity index (χ4n) is 2.81. The molecule has 35 heavy (non-hydrogen) atoms. The molecule has 5 atom stereocenters. The van der Waals surface area contributed by atoms with Gasteiger partial charge < -0.3 is 54.3 Å². The van der Waals surface area contributed by atoms with Gasteiger partial charge in [0.25, 0.3) is 0 Å². The monoisotopic (exact) mass is 538 g/mol. The van der Waals surface area contributed by atoms with Crippen LogP contribution in [0.15, 0.2) is 0 Å². The normalized spacial score (nSPS) is 22.4. The predicted molar refractivity (Wildman–Crippen MR) is 123 cm³/mol. The van der Waals surface area contributed by atoms with Crippen molar-refractivity contribution in [1.29, 1.82) is 0 Å². The zero-order chi connectivity index (χ0) is 24.7. The van der Waals surface area contributed by atoms with E-state index in [1.54, 1.807) is 14.0 Å². The fourth-order valence-corrected chi connectivity index (χ4v) is 2.81. The van der Waals surface area contributed by atoms with E-state index in [1.807, 2.05) is 0 Å². The van der Waals surface area contributed by atoms with Gasteiger partial charge in [-0.2, -0.15) is 6.61 Å². The minimum atomic E-state index is -1.43. The Morgan fingerprint density at radius 1 is 0.914 bits per heavy atom. The van der Waals surface area contributed by atoms with Crippen molar-refractivity contribution < 1.29 is 106 Å². The van der Waals surface area contributed by atoms with Crippen molar-refractivity contribution in [2.45, 2.75) is 103 Å². The molecule has 12 heteroatoms. The standard InChI is InChI=1S/C16H30O9.C7H16O.K.H2O/c1-3-13-14(18)25-15(19)16(24-13)22-10-12(9-17)23-11-21-8-6-4-5-7-20-2;1-2-3-4-5-6-7-8;;/h9,11-19H,3-8,10H2,1-2H3;8H,2-7H2,1H3;;1H2/q-2;;+1;/p-1. The van der Waals surface area contributed by atoms with Crippen LogP contribution in [0.5, 0.6) is 0 Å². The molecule has 0 aliphatic carbocycles. The van der Waals surface area contributed by atoms with E-state index in [4.69, 9.17) is 38.6 Å². The maximum Gasteiger partial charge on any atom is 1.00 e. The third kappa shape index (κ3) is 22.9. The summed E-state index contributed by atoms with van der Waals surface area (Å²) in [4.78, 5) is 0. The molecule has 5 unspecified atom stereocenters. The molecule has 1 saturated heterocycles. The molecule has 5 N–H and O–H groups in total. The predicted octanol–water partition coefficient (Wildman–Crippen LogP) is -0.560. The second-order valence-electron chi connectivity index (χ2n) is 7.68. The van der Waals surface area contributed by atoms with E-state index in [1.165, 1.54) is 25.7 Å². The minimum absolute atomic E-state index is 0. The molecule has 0 amide bonds. The molecule has 0 spiro atoms. The van der Waals surface area contributed by atoms with E-state index in [0.717, 1.165) is 45.7 Å². The smallest absolute Gasteiger partial charge is 0.870 e. The van der Waals surface area contributed by atoms with Crippen LogP contribution in [0.1, 0.15) is 71.6 Å². The zero-order valence-electron chi connectivity index (χ0n) is 21.9. The van der Waals surface area contributed by atoms with Gasteiger partial charge in [-0.25, -0.2) is 0 Å². The fraction of sp³-hybridized carbons (Fsp3) is 0.913. The van der Waals surface area contributed by atoms with Crippen LogP contribution in [0.4, 0.5) is 0 Å². The Bertz CT molecular complexity index is 404. The zero-order valence-corrected chi connectivity index (χ0v) is 25.0. The molecule has 0 saturated carbocycles. The van der Waals surface area contributed by atoms with E-state index in [0.29, 0.717) is 19.6 Å². The number of unbranched alkanes of at least 4 members (excludes halogenated alkanes) is 6. The van der Waals surface area contributed by atoms with Gasteiger partial charge in [0.05, 0.1) is 0 Å². The summed E-state index contributed by atoms with van der Waals surface area (Å²) in [7, 11) is 1.67. The largest absolute Gasteiger partial charge is 1.00 e. The SMILES string of the molecule is CCC1OC(OCC([CH-]O)O[CH-]OCCCCCOC)C(O)OC1O.CCCCCCCO.[K+].[OH-]. The molecule has 1 aliphatic rings. The quantitative estimate of drug-likeness (QED) is 0.0946. The Morgan fingerprint density at radius 3 is 2.17 bits per heavy atom. The van der Waals surface area contributed by atoms with Crippen LogP contribution >= 0.6 is 0 Å². The van der Waals surface area contributed by atoms with Gasteiger partial charge in [-0.05, 0) is 32.1 Å². The molecular formula is C23H47KO11-2. The van der Waals surface area contributed by atoms with Crippen LogP contribution < -0.4 is 51.4 Å². The van der Waals surface area contributed by atoms with E-state index in [-0.39, 0.29) is 63.5 Å². The van der Waals surface area contributed by atoms with E-state index in [9.17, 15) is 10.2 Å². The van der Waals surface area contributed by atoms with Crippen molar-refractivity contribution >= 4 is 0 Å². The first-order chi connectivity index (χ1) is 16.0. The second kappa shape index (κ2) is 29.7. The van der Waals surface area contributed by atoms with Crippen LogP contribution in [0.3, 0.4) is 0 Å². The number of aliphatic hydroxyl groups is 4. The van der Waals surface area contributed by atoms with Crippen LogP contribution in [0, 0.1) is 13.4 Å². The molecule has 0 aromatic carbocycles. The number of ether oxygens (including phenoxy) is 6. The molecule has 11 nitrogen and oxygen atoms in total. The number of rotatable bonds is 19. The Labute approximate surface area is 253 Å². The van der Waals surface area contributed by atoms with E-state index >= 15 is 0 Å². The number of aliphatic hydroxyl groups excluding tert-OH is 4. The molecule has 208 valence electrons. The first-order valence-corrected chi connectivity index (χ1v) is 12.0. The number of methoxy groups -OCH3 is 1. The average molecular weight is 539 g/mol. The van der Waals surface area contributed by atoms with Gasteiger partial charge in [-0.1, -0.05) is 52.4 Å². The maximum atomic E-state index is 9.69. The number of hydrogen-bond donors (Lipinski definition) is 4. The van der Waals surface area contributed by atoms with Gasteiger partial charge >= 0.3 is 51.4 Å². The van der Waals surface area contributed by atoms with Crippen molar-refractivity contribution in [3.05, 3.63) is 13.4 Å². The van der Waals surface area contributed by atoms with Crippen molar-refractivity contribution in [2.24, 2.45) is 0 Å². The average Bonchev–Trinajstić information content (AvgIpc) is 2.82. The van der Waals surface area contributed by atoms with Crippen molar-refractivity contribution in [1.82, 2.24) is 0 Å². The summed E-state index contributed by atoms with van der Waals surface area (Å²) in [6.45, 7) is 7.45. The molecule has 1 heterocycles. The Balaban J connectivity index is -0.000000883. The third-order valence-corrected chi connectivity index (χ3v) is 4.80. The summed E-state index contributed by atoms with van der Waals surface area (Å²) < 4.78 is 31.0. The van der Waals surface area contributed by atoms with Crippen LogP contribution in [0.25, 0.3) is 0 Å². The van der Waals surface area contributed by atoms with E-state index in [2.05, 4.69) is 6.92 Å².